The first-order chi connectivity index (χ1) is 12.9. The van der Waals surface area contributed by atoms with Crippen LogP contribution >= 0.6 is 0 Å². The minimum Gasteiger partial charge on any atom is -0.326 e. The quantitative estimate of drug-likeness (QED) is 0.631. The lowest BCUT2D eigenvalue weighted by Crippen LogP contribution is -2.27. The third-order valence-electron chi connectivity index (χ3n) is 3.89. The highest BCUT2D eigenvalue weighted by Gasteiger charge is 2.21. The van der Waals surface area contributed by atoms with Gasteiger partial charge in [-0.2, -0.15) is 10.2 Å². The number of nitrogens with one attached hydrogen (secondary N) is 2. The van der Waals surface area contributed by atoms with Crippen molar-refractivity contribution in [3.05, 3.63) is 48.5 Å². The molecule has 0 spiro atoms. The van der Waals surface area contributed by atoms with Crippen molar-refractivity contribution in [2.45, 2.75) is 41.5 Å². The standard InChI is InChI=1S/C22H28N4O2/c1-21(2,3)19(27)23-15-7-11-17(12-8-15)25-26-18-13-9-16(10-14-18)24-20(28)22(4,5)6/h7-14H,1-6H3,(H,23,27)(H,24,28)/b26-25+. The van der Waals surface area contributed by atoms with Gasteiger partial charge in [0.2, 0.25) is 11.8 Å². The van der Waals surface area contributed by atoms with Gasteiger partial charge in [-0.25, -0.2) is 0 Å². The molecule has 0 aromatic heterocycles. The average molecular weight is 380 g/mol. The molecule has 0 fully saturated rings. The van der Waals surface area contributed by atoms with Gasteiger partial charge in [0.25, 0.3) is 0 Å². The van der Waals surface area contributed by atoms with Crippen LogP contribution in [0.4, 0.5) is 22.7 Å². The molecule has 6 heteroatoms. The van der Waals surface area contributed by atoms with Crippen LogP contribution in [0.2, 0.25) is 0 Å². The Kier molecular flexibility index (Phi) is 6.33. The van der Waals surface area contributed by atoms with Crippen molar-refractivity contribution in [1.29, 1.82) is 0 Å². The van der Waals surface area contributed by atoms with Gasteiger partial charge >= 0.3 is 0 Å². The van der Waals surface area contributed by atoms with E-state index in [4.69, 9.17) is 0 Å². The van der Waals surface area contributed by atoms with E-state index in [9.17, 15) is 9.59 Å². The first kappa shape index (κ1) is 21.3. The van der Waals surface area contributed by atoms with Gasteiger partial charge in [0, 0.05) is 22.2 Å². The summed E-state index contributed by atoms with van der Waals surface area (Å²) >= 11 is 0. The lowest BCUT2D eigenvalue weighted by atomic mass is 9.95. The Morgan fingerprint density at radius 2 is 0.893 bits per heavy atom. The molecule has 0 radical (unpaired) electrons. The van der Waals surface area contributed by atoms with Crippen LogP contribution in [0, 0.1) is 10.8 Å². The largest absolute Gasteiger partial charge is 0.326 e. The fraction of sp³-hybridized carbons (Fsp3) is 0.364. The number of anilines is 2. The molecular weight excluding hydrogens is 352 g/mol. The van der Waals surface area contributed by atoms with Crippen LogP contribution in [0.1, 0.15) is 41.5 Å². The molecule has 28 heavy (non-hydrogen) atoms. The number of azo groups is 1. The second-order valence-electron chi connectivity index (χ2n) is 8.70. The summed E-state index contributed by atoms with van der Waals surface area (Å²) in [6, 6.07) is 14.3. The normalized spacial score (nSPS) is 12.1. The highest BCUT2D eigenvalue weighted by Crippen LogP contribution is 2.24. The van der Waals surface area contributed by atoms with Gasteiger partial charge in [-0.3, -0.25) is 9.59 Å². The third kappa shape index (κ3) is 6.30. The molecule has 0 saturated heterocycles. The van der Waals surface area contributed by atoms with Crippen LogP contribution in [0.3, 0.4) is 0 Å². The van der Waals surface area contributed by atoms with Gasteiger partial charge in [0.05, 0.1) is 11.4 Å². The first-order valence-electron chi connectivity index (χ1n) is 9.20. The molecule has 0 unspecified atom stereocenters. The summed E-state index contributed by atoms with van der Waals surface area (Å²) in [7, 11) is 0. The Hall–Kier alpha value is -3.02. The minimum atomic E-state index is -0.448. The number of hydrogen-bond acceptors (Lipinski definition) is 4. The van der Waals surface area contributed by atoms with E-state index in [0.29, 0.717) is 11.4 Å². The average Bonchev–Trinajstić information content (AvgIpc) is 2.60. The number of amides is 2. The molecule has 2 N–H and O–H groups in total. The van der Waals surface area contributed by atoms with Gasteiger partial charge in [-0.1, -0.05) is 41.5 Å². The molecule has 0 atom stereocenters. The molecule has 2 aromatic rings. The highest BCUT2D eigenvalue weighted by atomic mass is 16.2. The Morgan fingerprint density at radius 3 is 1.14 bits per heavy atom. The molecule has 0 aliphatic heterocycles. The van der Waals surface area contributed by atoms with Crippen molar-refractivity contribution in [2.24, 2.45) is 21.1 Å². The van der Waals surface area contributed by atoms with Gasteiger partial charge in [0.15, 0.2) is 0 Å². The number of carbonyl (C=O) groups is 2. The minimum absolute atomic E-state index is 0.0412. The number of carbonyl (C=O) groups excluding carboxylic acids is 2. The monoisotopic (exact) mass is 380 g/mol. The number of nitrogens with zero attached hydrogens (tertiary/aromatic N) is 2. The zero-order valence-electron chi connectivity index (χ0n) is 17.3. The Balaban J connectivity index is 1.98. The van der Waals surface area contributed by atoms with Crippen LogP contribution in [0.5, 0.6) is 0 Å². The third-order valence-corrected chi connectivity index (χ3v) is 3.89. The van der Waals surface area contributed by atoms with Crippen molar-refractivity contribution in [3.8, 4) is 0 Å². The van der Waals surface area contributed by atoms with Crippen LogP contribution in [0.15, 0.2) is 58.8 Å². The summed E-state index contributed by atoms with van der Waals surface area (Å²) < 4.78 is 0. The fourth-order valence-electron chi connectivity index (χ4n) is 1.98. The van der Waals surface area contributed by atoms with Gasteiger partial charge in [0.1, 0.15) is 0 Å². The zero-order valence-corrected chi connectivity index (χ0v) is 17.3. The lowest BCUT2D eigenvalue weighted by Gasteiger charge is -2.17. The molecule has 148 valence electrons. The summed E-state index contributed by atoms with van der Waals surface area (Å²) in [4.78, 5) is 24.0. The molecule has 0 heterocycles. The van der Waals surface area contributed by atoms with E-state index >= 15 is 0 Å². The van der Waals surface area contributed by atoms with E-state index < -0.39 is 10.8 Å². The lowest BCUT2D eigenvalue weighted by molar-refractivity contribution is -0.123. The van der Waals surface area contributed by atoms with E-state index in [1.807, 2.05) is 41.5 Å². The molecule has 0 aliphatic rings. The van der Waals surface area contributed by atoms with E-state index in [0.717, 1.165) is 11.4 Å². The fourth-order valence-corrected chi connectivity index (χ4v) is 1.98. The number of benzene rings is 2. The first-order valence-corrected chi connectivity index (χ1v) is 9.20. The maximum absolute atomic E-state index is 12.0. The van der Waals surface area contributed by atoms with Gasteiger partial charge < -0.3 is 10.6 Å². The SMILES string of the molecule is CC(C)(C)C(=O)Nc1ccc(/N=N/c2ccc(NC(=O)C(C)(C)C)cc2)cc1. The Bertz CT molecular complexity index is 782. The van der Waals surface area contributed by atoms with Crippen LogP contribution in [-0.2, 0) is 9.59 Å². The summed E-state index contributed by atoms with van der Waals surface area (Å²) in [6.45, 7) is 11.2. The Morgan fingerprint density at radius 1 is 0.607 bits per heavy atom. The zero-order chi connectivity index (χ0) is 20.9. The molecule has 0 aliphatic carbocycles. The van der Waals surface area contributed by atoms with E-state index in [1.165, 1.54) is 0 Å². The number of rotatable bonds is 4. The van der Waals surface area contributed by atoms with Crippen molar-refractivity contribution < 1.29 is 9.59 Å². The van der Waals surface area contributed by atoms with Crippen molar-refractivity contribution >= 4 is 34.6 Å². The summed E-state index contributed by atoms with van der Waals surface area (Å²) in [5, 5.41) is 14.1. The van der Waals surface area contributed by atoms with Crippen molar-refractivity contribution in [2.75, 3.05) is 10.6 Å². The van der Waals surface area contributed by atoms with E-state index in [-0.39, 0.29) is 11.8 Å². The molecular formula is C22H28N4O2. The second-order valence-corrected chi connectivity index (χ2v) is 8.70. The molecule has 6 nitrogen and oxygen atoms in total. The second kappa shape index (κ2) is 8.33. The van der Waals surface area contributed by atoms with E-state index in [2.05, 4.69) is 20.9 Å². The van der Waals surface area contributed by atoms with Gasteiger partial charge in [-0.05, 0) is 48.5 Å². The molecule has 0 bridgehead atoms. The molecule has 2 aromatic carbocycles. The molecule has 0 saturated carbocycles. The van der Waals surface area contributed by atoms with Crippen molar-refractivity contribution in [3.63, 3.8) is 0 Å². The number of hydrogen-bond donors (Lipinski definition) is 2. The topological polar surface area (TPSA) is 82.9 Å². The smallest absolute Gasteiger partial charge is 0.229 e. The van der Waals surface area contributed by atoms with Gasteiger partial charge in [-0.15, -0.1) is 0 Å². The van der Waals surface area contributed by atoms with Crippen LogP contribution in [-0.4, -0.2) is 11.8 Å². The van der Waals surface area contributed by atoms with E-state index in [1.54, 1.807) is 48.5 Å². The summed E-state index contributed by atoms with van der Waals surface area (Å²) in [6.07, 6.45) is 0. The maximum atomic E-state index is 12.0. The predicted octanol–water partition coefficient (Wildman–Crippen LogP) is 6.07. The Labute approximate surface area is 166 Å². The molecule has 2 amide bonds. The predicted molar refractivity (Wildman–Crippen MR) is 113 cm³/mol. The summed E-state index contributed by atoms with van der Waals surface area (Å²) in [5.74, 6) is -0.0824. The van der Waals surface area contributed by atoms with Crippen LogP contribution in [0.25, 0.3) is 0 Å². The highest BCUT2D eigenvalue weighted by molar-refractivity contribution is 5.95. The van der Waals surface area contributed by atoms with Crippen molar-refractivity contribution in [1.82, 2.24) is 0 Å². The summed E-state index contributed by atoms with van der Waals surface area (Å²) in [5.41, 5.74) is 1.90. The molecule has 2 rings (SSSR count). The maximum Gasteiger partial charge on any atom is 0.229 e. The van der Waals surface area contributed by atoms with Crippen LogP contribution < -0.4 is 10.6 Å².